The maximum absolute atomic E-state index is 11.8. The van der Waals surface area contributed by atoms with Crippen LogP contribution < -0.4 is 0 Å². The number of ketones is 1. The molecule has 102 valence electrons. The number of carbonyl (C=O) groups is 1. The molecule has 0 saturated carbocycles. The minimum Gasteiger partial charge on any atom is -0.437 e. The maximum atomic E-state index is 11.8. The summed E-state index contributed by atoms with van der Waals surface area (Å²) in [6, 6.07) is 10.1. The Bertz CT molecular complexity index is 425. The van der Waals surface area contributed by atoms with Crippen molar-refractivity contribution in [3.63, 3.8) is 0 Å². The Morgan fingerprint density at radius 3 is 2.63 bits per heavy atom. The van der Waals surface area contributed by atoms with Crippen molar-refractivity contribution in [2.45, 2.75) is 26.3 Å². The van der Waals surface area contributed by atoms with Crippen molar-refractivity contribution < 1.29 is 9.82 Å². The van der Waals surface area contributed by atoms with E-state index in [1.54, 1.807) is 13.7 Å². The number of hydrogen-bond donors (Lipinski definition) is 1. The first kappa shape index (κ1) is 14.2. The third kappa shape index (κ3) is 3.66. The van der Waals surface area contributed by atoms with E-state index in [4.69, 9.17) is 0 Å². The second-order valence-electron chi connectivity index (χ2n) is 5.21. The molecule has 1 saturated heterocycles. The van der Waals surface area contributed by atoms with E-state index in [2.05, 4.69) is 17.0 Å². The third-order valence-corrected chi connectivity index (χ3v) is 3.75. The number of hydrogen-bond acceptors (Lipinski definition) is 4. The molecular weight excluding hydrogens is 239 g/mol. The second kappa shape index (κ2) is 6.32. The van der Waals surface area contributed by atoms with Crippen molar-refractivity contribution in [1.82, 2.24) is 9.71 Å². The molecule has 0 aliphatic carbocycles. The van der Waals surface area contributed by atoms with Crippen LogP contribution in [0.15, 0.2) is 30.3 Å². The van der Waals surface area contributed by atoms with Gasteiger partial charge in [0.25, 0.3) is 0 Å². The lowest BCUT2D eigenvalue weighted by atomic mass is 9.83. The van der Waals surface area contributed by atoms with Crippen LogP contribution in [0, 0.1) is 0 Å². The van der Waals surface area contributed by atoms with Crippen LogP contribution >= 0.6 is 0 Å². The Labute approximate surface area is 115 Å². The molecule has 0 aromatic heterocycles. The molecule has 5 heteroatoms. The zero-order chi connectivity index (χ0) is 13.8. The fourth-order valence-electron chi connectivity index (χ4n) is 2.57. The quantitative estimate of drug-likeness (QED) is 0.816. The summed E-state index contributed by atoms with van der Waals surface area (Å²) in [6.07, 6.45) is 0. The van der Waals surface area contributed by atoms with Gasteiger partial charge in [-0.15, -0.1) is 0 Å². The van der Waals surface area contributed by atoms with E-state index in [0.717, 1.165) is 19.6 Å². The fourth-order valence-corrected chi connectivity index (χ4v) is 2.57. The topological polar surface area (TPSA) is 43.8 Å². The molecular formula is C14H21BN2O2. The van der Waals surface area contributed by atoms with Gasteiger partial charge < -0.3 is 9.83 Å². The van der Waals surface area contributed by atoms with Gasteiger partial charge in [0.15, 0.2) is 0 Å². The minimum absolute atomic E-state index is 0.122. The van der Waals surface area contributed by atoms with Gasteiger partial charge in [-0.2, -0.15) is 0 Å². The monoisotopic (exact) mass is 260 g/mol. The molecule has 0 radical (unpaired) electrons. The summed E-state index contributed by atoms with van der Waals surface area (Å²) in [7, 11) is -0.485. The minimum atomic E-state index is -0.485. The Morgan fingerprint density at radius 2 is 2.05 bits per heavy atom. The van der Waals surface area contributed by atoms with Crippen LogP contribution in [0.2, 0.25) is 6.82 Å². The second-order valence-corrected chi connectivity index (χ2v) is 5.21. The SMILES string of the molecule is CB(O)N1CCN(Cc2ccccc2)C(C(C)=O)C1. The van der Waals surface area contributed by atoms with Gasteiger partial charge in [0.1, 0.15) is 5.78 Å². The van der Waals surface area contributed by atoms with Crippen molar-refractivity contribution in [1.29, 1.82) is 0 Å². The third-order valence-electron chi connectivity index (χ3n) is 3.75. The molecule has 1 heterocycles. The highest BCUT2D eigenvalue weighted by molar-refractivity contribution is 6.45. The zero-order valence-electron chi connectivity index (χ0n) is 11.6. The van der Waals surface area contributed by atoms with Gasteiger partial charge in [-0.3, -0.25) is 9.69 Å². The number of rotatable bonds is 4. The number of carbonyl (C=O) groups excluding carboxylic acids is 1. The van der Waals surface area contributed by atoms with Crippen LogP contribution in [-0.4, -0.2) is 53.2 Å². The van der Waals surface area contributed by atoms with Gasteiger partial charge >= 0.3 is 7.05 Å². The first-order chi connectivity index (χ1) is 9.08. The summed E-state index contributed by atoms with van der Waals surface area (Å²) in [5.41, 5.74) is 1.22. The predicted molar refractivity (Wildman–Crippen MR) is 76.7 cm³/mol. The highest BCUT2D eigenvalue weighted by atomic mass is 16.2. The molecule has 2 rings (SSSR count). The lowest BCUT2D eigenvalue weighted by molar-refractivity contribution is -0.124. The average molecular weight is 260 g/mol. The number of nitrogens with zero attached hydrogens (tertiary/aromatic N) is 2. The molecule has 1 atom stereocenters. The van der Waals surface area contributed by atoms with Gasteiger partial charge in [0.05, 0.1) is 6.04 Å². The van der Waals surface area contributed by atoms with Crippen LogP contribution in [0.1, 0.15) is 12.5 Å². The van der Waals surface area contributed by atoms with Crippen molar-refractivity contribution in [2.24, 2.45) is 0 Å². The lowest BCUT2D eigenvalue weighted by Crippen LogP contribution is -2.58. The van der Waals surface area contributed by atoms with E-state index >= 15 is 0 Å². The summed E-state index contributed by atoms with van der Waals surface area (Å²) in [4.78, 5) is 16.0. The zero-order valence-corrected chi connectivity index (χ0v) is 11.6. The summed E-state index contributed by atoms with van der Waals surface area (Å²) >= 11 is 0. The molecule has 1 unspecified atom stereocenters. The predicted octanol–water partition coefficient (Wildman–Crippen LogP) is 0.872. The van der Waals surface area contributed by atoms with Gasteiger partial charge in [0.2, 0.25) is 0 Å². The molecule has 19 heavy (non-hydrogen) atoms. The van der Waals surface area contributed by atoms with Crippen LogP contribution in [0.5, 0.6) is 0 Å². The van der Waals surface area contributed by atoms with E-state index in [9.17, 15) is 9.82 Å². The summed E-state index contributed by atoms with van der Waals surface area (Å²) in [6.45, 7) is 6.40. The molecule has 1 aromatic carbocycles. The van der Waals surface area contributed by atoms with E-state index in [1.165, 1.54) is 5.56 Å². The van der Waals surface area contributed by atoms with Gasteiger partial charge in [-0.05, 0) is 19.3 Å². The van der Waals surface area contributed by atoms with Crippen molar-refractivity contribution >= 4 is 12.8 Å². The van der Waals surface area contributed by atoms with E-state index in [0.29, 0.717) is 6.54 Å². The fraction of sp³-hybridized carbons (Fsp3) is 0.500. The van der Waals surface area contributed by atoms with Crippen LogP contribution in [-0.2, 0) is 11.3 Å². The first-order valence-electron chi connectivity index (χ1n) is 6.78. The van der Waals surface area contributed by atoms with Gasteiger partial charge in [-0.25, -0.2) is 0 Å². The number of benzene rings is 1. The normalized spacial score (nSPS) is 21.3. The summed E-state index contributed by atoms with van der Waals surface area (Å²) < 4.78 is 0. The summed E-state index contributed by atoms with van der Waals surface area (Å²) in [5.74, 6) is 0.168. The van der Waals surface area contributed by atoms with Crippen LogP contribution in [0.3, 0.4) is 0 Å². The summed E-state index contributed by atoms with van der Waals surface area (Å²) in [5, 5.41) is 9.65. The van der Waals surface area contributed by atoms with Crippen molar-refractivity contribution in [2.75, 3.05) is 19.6 Å². The molecule has 1 aliphatic heterocycles. The molecule has 1 aliphatic rings. The Hall–Kier alpha value is -1.17. The molecule has 0 spiro atoms. The largest absolute Gasteiger partial charge is 0.437 e. The highest BCUT2D eigenvalue weighted by Crippen LogP contribution is 2.15. The smallest absolute Gasteiger partial charge is 0.376 e. The standard InChI is InChI=1S/C14H21BN2O2/c1-12(18)14-11-17(15(2)19)9-8-16(14)10-13-6-4-3-5-7-13/h3-7,14,19H,8-11H2,1-2H3. The van der Waals surface area contributed by atoms with Crippen LogP contribution in [0.25, 0.3) is 0 Å². The van der Waals surface area contributed by atoms with Crippen LogP contribution in [0.4, 0.5) is 0 Å². The van der Waals surface area contributed by atoms with E-state index in [-0.39, 0.29) is 11.8 Å². The molecule has 1 N–H and O–H groups in total. The maximum Gasteiger partial charge on any atom is 0.376 e. The lowest BCUT2D eigenvalue weighted by Gasteiger charge is -2.40. The molecule has 0 amide bonds. The van der Waals surface area contributed by atoms with Gasteiger partial charge in [0, 0.05) is 26.2 Å². The Kier molecular flexibility index (Phi) is 4.74. The van der Waals surface area contributed by atoms with E-state index < -0.39 is 7.05 Å². The van der Waals surface area contributed by atoms with E-state index in [1.807, 2.05) is 23.0 Å². The van der Waals surface area contributed by atoms with Gasteiger partial charge in [-0.1, -0.05) is 30.3 Å². The highest BCUT2D eigenvalue weighted by Gasteiger charge is 2.32. The molecule has 4 nitrogen and oxygen atoms in total. The molecule has 0 bridgehead atoms. The molecule has 1 aromatic rings. The first-order valence-corrected chi connectivity index (χ1v) is 6.78. The molecule has 1 fully saturated rings. The number of piperazine rings is 1. The average Bonchev–Trinajstić information content (AvgIpc) is 2.39. The number of Topliss-reactive ketones (excluding diaryl/α,β-unsaturated/α-hetero) is 1. The Morgan fingerprint density at radius 1 is 1.37 bits per heavy atom. The van der Waals surface area contributed by atoms with Crippen molar-refractivity contribution in [3.05, 3.63) is 35.9 Å². The Balaban J connectivity index is 2.05. The van der Waals surface area contributed by atoms with Crippen molar-refractivity contribution in [3.8, 4) is 0 Å².